The fraction of sp³-hybridized carbons (Fsp3) is 0.0909. The zero-order valence-electron chi connectivity index (χ0n) is 9.25. The molecule has 7 nitrogen and oxygen atoms in total. The van der Waals surface area contributed by atoms with E-state index in [0.29, 0.717) is 5.82 Å². The Balaban J connectivity index is 2.04. The van der Waals surface area contributed by atoms with Gasteiger partial charge in [0.25, 0.3) is 5.91 Å². The molecule has 3 N–H and O–H groups in total. The van der Waals surface area contributed by atoms with Crippen LogP contribution in [0.4, 0.5) is 0 Å². The van der Waals surface area contributed by atoms with E-state index in [1.807, 2.05) is 0 Å². The molecular weight excluding hydrogens is 236 g/mol. The average molecular weight is 246 g/mol. The number of carboxylic acid groups (broad SMARTS) is 1. The fourth-order valence-corrected chi connectivity index (χ4v) is 1.35. The molecule has 0 aromatic carbocycles. The van der Waals surface area contributed by atoms with Gasteiger partial charge in [0.15, 0.2) is 0 Å². The summed E-state index contributed by atoms with van der Waals surface area (Å²) in [6.07, 6.45) is 4.51. The number of nitrogens with zero attached hydrogens (tertiary/aromatic N) is 2. The van der Waals surface area contributed by atoms with Crippen LogP contribution in [-0.4, -0.2) is 31.9 Å². The molecule has 0 saturated heterocycles. The zero-order chi connectivity index (χ0) is 13.0. The molecule has 0 spiro atoms. The van der Waals surface area contributed by atoms with Crippen LogP contribution in [0.2, 0.25) is 0 Å². The lowest BCUT2D eigenvalue weighted by Gasteiger charge is -2.03. The molecule has 0 fully saturated rings. The van der Waals surface area contributed by atoms with Gasteiger partial charge in [-0.05, 0) is 12.1 Å². The lowest BCUT2D eigenvalue weighted by atomic mass is 10.2. The highest BCUT2D eigenvalue weighted by Crippen LogP contribution is 2.02. The molecule has 0 saturated carbocycles. The van der Waals surface area contributed by atoms with Gasteiger partial charge in [-0.3, -0.25) is 4.79 Å². The SMILES string of the molecule is O=C(NCc1ncc[nH]1)c1ccnc(C(=O)O)c1. The Morgan fingerprint density at radius 1 is 1.33 bits per heavy atom. The standard InChI is InChI=1S/C11H10N4O3/c16-10(15-6-9-13-3-4-14-9)7-1-2-12-8(5-7)11(17)18/h1-5H,6H2,(H,13,14)(H,15,16)(H,17,18). The van der Waals surface area contributed by atoms with Crippen molar-refractivity contribution in [1.82, 2.24) is 20.3 Å². The second-order valence-electron chi connectivity index (χ2n) is 3.45. The quantitative estimate of drug-likeness (QED) is 0.725. The van der Waals surface area contributed by atoms with Crippen molar-refractivity contribution in [2.24, 2.45) is 0 Å². The Morgan fingerprint density at radius 2 is 2.17 bits per heavy atom. The van der Waals surface area contributed by atoms with Gasteiger partial charge in [0.2, 0.25) is 0 Å². The monoisotopic (exact) mass is 246 g/mol. The number of carbonyl (C=O) groups excluding carboxylic acids is 1. The van der Waals surface area contributed by atoms with Gasteiger partial charge in [0.05, 0.1) is 6.54 Å². The molecule has 0 aliphatic heterocycles. The number of nitrogens with one attached hydrogen (secondary N) is 2. The maximum Gasteiger partial charge on any atom is 0.354 e. The summed E-state index contributed by atoms with van der Waals surface area (Å²) in [4.78, 5) is 32.9. The van der Waals surface area contributed by atoms with Crippen LogP contribution in [0, 0.1) is 0 Å². The number of hydrogen-bond donors (Lipinski definition) is 3. The number of aromatic nitrogens is 3. The lowest BCUT2D eigenvalue weighted by molar-refractivity contribution is 0.0690. The summed E-state index contributed by atoms with van der Waals surface area (Å²) in [6, 6.07) is 2.67. The summed E-state index contributed by atoms with van der Waals surface area (Å²) in [7, 11) is 0. The van der Waals surface area contributed by atoms with Gasteiger partial charge < -0.3 is 15.4 Å². The number of imidazole rings is 1. The second-order valence-corrected chi connectivity index (χ2v) is 3.45. The molecule has 1 amide bonds. The topological polar surface area (TPSA) is 108 Å². The molecule has 2 rings (SSSR count). The summed E-state index contributed by atoms with van der Waals surface area (Å²) in [6.45, 7) is 0.247. The lowest BCUT2D eigenvalue weighted by Crippen LogP contribution is -2.23. The van der Waals surface area contributed by atoms with E-state index in [0.717, 1.165) is 0 Å². The summed E-state index contributed by atoms with van der Waals surface area (Å²) in [5.41, 5.74) is 0.0783. The highest BCUT2D eigenvalue weighted by molar-refractivity contribution is 5.96. The van der Waals surface area contributed by atoms with Crippen LogP contribution in [-0.2, 0) is 6.54 Å². The molecule has 2 aromatic rings. The van der Waals surface area contributed by atoms with Crippen LogP contribution in [0.3, 0.4) is 0 Å². The van der Waals surface area contributed by atoms with Gasteiger partial charge in [0, 0.05) is 24.2 Å². The van der Waals surface area contributed by atoms with E-state index >= 15 is 0 Å². The Bertz CT molecular complexity index is 565. The van der Waals surface area contributed by atoms with Gasteiger partial charge in [-0.15, -0.1) is 0 Å². The molecule has 0 bridgehead atoms. The Labute approximate surface area is 102 Å². The number of pyridine rings is 1. The molecule has 7 heteroatoms. The van der Waals surface area contributed by atoms with E-state index < -0.39 is 5.97 Å². The van der Waals surface area contributed by atoms with E-state index in [9.17, 15) is 9.59 Å². The van der Waals surface area contributed by atoms with E-state index in [1.54, 1.807) is 12.4 Å². The number of carbonyl (C=O) groups is 2. The molecule has 0 unspecified atom stereocenters. The van der Waals surface area contributed by atoms with Crippen molar-refractivity contribution in [3.05, 3.63) is 47.8 Å². The van der Waals surface area contributed by atoms with Crippen molar-refractivity contribution in [3.8, 4) is 0 Å². The predicted molar refractivity (Wildman–Crippen MR) is 61.0 cm³/mol. The first-order valence-electron chi connectivity index (χ1n) is 5.12. The number of H-pyrrole nitrogens is 1. The number of amides is 1. The molecule has 0 aliphatic carbocycles. The van der Waals surface area contributed by atoms with Crippen molar-refractivity contribution in [3.63, 3.8) is 0 Å². The van der Waals surface area contributed by atoms with Crippen LogP contribution < -0.4 is 5.32 Å². The highest BCUT2D eigenvalue weighted by Gasteiger charge is 2.10. The fourth-order valence-electron chi connectivity index (χ4n) is 1.35. The van der Waals surface area contributed by atoms with Gasteiger partial charge in [-0.2, -0.15) is 0 Å². The summed E-state index contributed by atoms with van der Waals surface area (Å²) in [5.74, 6) is -0.928. The number of hydrogen-bond acceptors (Lipinski definition) is 4. The first-order valence-corrected chi connectivity index (χ1v) is 5.12. The highest BCUT2D eigenvalue weighted by atomic mass is 16.4. The minimum absolute atomic E-state index is 0.166. The van der Waals surface area contributed by atoms with E-state index in [1.165, 1.54) is 18.3 Å². The van der Waals surface area contributed by atoms with Gasteiger partial charge in [-0.1, -0.05) is 0 Å². The van der Waals surface area contributed by atoms with E-state index in [4.69, 9.17) is 5.11 Å². The summed E-state index contributed by atoms with van der Waals surface area (Å²) in [5, 5.41) is 11.4. The molecule has 0 atom stereocenters. The average Bonchev–Trinajstić information content (AvgIpc) is 2.89. The predicted octanol–water partition coefficient (Wildman–Crippen LogP) is 0.433. The minimum atomic E-state index is -1.17. The Morgan fingerprint density at radius 3 is 2.83 bits per heavy atom. The first-order chi connectivity index (χ1) is 8.66. The first kappa shape index (κ1) is 11.8. The second kappa shape index (κ2) is 5.09. The van der Waals surface area contributed by atoms with Crippen molar-refractivity contribution in [2.45, 2.75) is 6.54 Å². The largest absolute Gasteiger partial charge is 0.477 e. The van der Waals surface area contributed by atoms with Crippen molar-refractivity contribution in [1.29, 1.82) is 0 Å². The number of rotatable bonds is 4. The van der Waals surface area contributed by atoms with Gasteiger partial charge in [0.1, 0.15) is 11.5 Å². The summed E-state index contributed by atoms with van der Waals surface area (Å²) >= 11 is 0. The van der Waals surface area contributed by atoms with Crippen LogP contribution in [0.1, 0.15) is 26.7 Å². The third kappa shape index (κ3) is 2.70. The van der Waals surface area contributed by atoms with Gasteiger partial charge >= 0.3 is 5.97 Å². The maximum atomic E-state index is 11.7. The number of aromatic amines is 1. The molecule has 2 aromatic heterocycles. The molecular formula is C11H10N4O3. The Hall–Kier alpha value is -2.70. The molecule has 18 heavy (non-hydrogen) atoms. The van der Waals surface area contributed by atoms with E-state index in [2.05, 4.69) is 20.3 Å². The van der Waals surface area contributed by atoms with Crippen molar-refractivity contribution in [2.75, 3.05) is 0 Å². The normalized spacial score (nSPS) is 10.0. The third-order valence-electron chi connectivity index (χ3n) is 2.21. The molecule has 2 heterocycles. The number of carboxylic acids is 1. The molecule has 92 valence electrons. The third-order valence-corrected chi connectivity index (χ3v) is 2.21. The van der Waals surface area contributed by atoms with Crippen LogP contribution in [0.5, 0.6) is 0 Å². The van der Waals surface area contributed by atoms with Gasteiger partial charge in [-0.25, -0.2) is 14.8 Å². The smallest absolute Gasteiger partial charge is 0.354 e. The number of aromatic carboxylic acids is 1. The molecule has 0 aliphatic rings. The van der Waals surface area contributed by atoms with Crippen molar-refractivity contribution >= 4 is 11.9 Å². The van der Waals surface area contributed by atoms with Crippen LogP contribution in [0.25, 0.3) is 0 Å². The van der Waals surface area contributed by atoms with Crippen molar-refractivity contribution < 1.29 is 14.7 Å². The molecule has 0 radical (unpaired) electrons. The summed E-state index contributed by atoms with van der Waals surface area (Å²) < 4.78 is 0. The van der Waals surface area contributed by atoms with Crippen LogP contribution in [0.15, 0.2) is 30.7 Å². The maximum absolute atomic E-state index is 11.7. The van der Waals surface area contributed by atoms with E-state index in [-0.39, 0.29) is 23.7 Å². The van der Waals surface area contributed by atoms with Crippen LogP contribution >= 0.6 is 0 Å². The Kier molecular flexibility index (Phi) is 3.33. The zero-order valence-corrected chi connectivity index (χ0v) is 9.25. The minimum Gasteiger partial charge on any atom is -0.477 e.